The van der Waals surface area contributed by atoms with Crippen LogP contribution in [0.4, 0.5) is 0 Å². The molecule has 3 aromatic carbocycles. The van der Waals surface area contributed by atoms with Crippen molar-refractivity contribution in [2.24, 2.45) is 0 Å². The van der Waals surface area contributed by atoms with E-state index in [1.54, 1.807) is 33.9 Å². The molecule has 192 valence electrons. The van der Waals surface area contributed by atoms with Gasteiger partial charge in [-0.25, -0.2) is 17.4 Å². The van der Waals surface area contributed by atoms with Crippen LogP contribution in [-0.2, 0) is 21.4 Å². The summed E-state index contributed by atoms with van der Waals surface area (Å²) in [6, 6.07) is 26.0. The quantitative estimate of drug-likeness (QED) is 0.229. The number of nitrogens with zero attached hydrogens (tertiary/aromatic N) is 4. The monoisotopic (exact) mass is 560 g/mol. The van der Waals surface area contributed by atoms with E-state index in [1.807, 2.05) is 72.9 Å². The zero-order chi connectivity index (χ0) is 26.9. The van der Waals surface area contributed by atoms with Gasteiger partial charge >= 0.3 is 0 Å². The van der Waals surface area contributed by atoms with Gasteiger partial charge in [0.2, 0.25) is 10.0 Å². The van der Waals surface area contributed by atoms with Crippen LogP contribution in [0.2, 0.25) is 0 Å². The summed E-state index contributed by atoms with van der Waals surface area (Å²) >= 11 is 6.78. The highest BCUT2D eigenvalue weighted by atomic mass is 32.2. The summed E-state index contributed by atoms with van der Waals surface area (Å²) in [5.74, 6) is -0.175. The van der Waals surface area contributed by atoms with E-state index in [-0.39, 0.29) is 10.8 Å². The van der Waals surface area contributed by atoms with Crippen LogP contribution in [0.5, 0.6) is 0 Å². The van der Waals surface area contributed by atoms with Gasteiger partial charge in [0, 0.05) is 31.4 Å². The first-order valence-corrected chi connectivity index (χ1v) is 14.4. The molecule has 7 nitrogen and oxygen atoms in total. The minimum atomic E-state index is -3.64. The molecule has 0 spiro atoms. The minimum Gasteiger partial charge on any atom is -0.288 e. The molecule has 0 atom stereocenters. The summed E-state index contributed by atoms with van der Waals surface area (Å²) in [6.45, 7) is 0.392. The van der Waals surface area contributed by atoms with Crippen LogP contribution in [0.1, 0.15) is 11.1 Å². The molecule has 1 amide bonds. The molecule has 5 rings (SSSR count). The molecule has 2 heterocycles. The molecule has 0 unspecified atom stereocenters. The number of thioether (sulfide) groups is 1. The Morgan fingerprint density at radius 2 is 1.66 bits per heavy atom. The minimum absolute atomic E-state index is 0.161. The van der Waals surface area contributed by atoms with Gasteiger partial charge in [0.1, 0.15) is 10.0 Å². The van der Waals surface area contributed by atoms with E-state index in [2.05, 4.69) is 0 Å². The number of hydrogen-bond donors (Lipinski definition) is 0. The number of hydrogen-bond acceptors (Lipinski definition) is 6. The molecular weight excluding hydrogens is 537 g/mol. The zero-order valence-corrected chi connectivity index (χ0v) is 23.1. The summed E-state index contributed by atoms with van der Waals surface area (Å²) in [4.78, 5) is 15.6. The van der Waals surface area contributed by atoms with Gasteiger partial charge in [0.05, 0.1) is 22.0 Å². The third-order valence-electron chi connectivity index (χ3n) is 5.99. The smallest absolute Gasteiger partial charge is 0.266 e. The van der Waals surface area contributed by atoms with Crippen molar-refractivity contribution in [2.75, 3.05) is 14.1 Å². The lowest BCUT2D eigenvalue weighted by Crippen LogP contribution is -2.27. The predicted molar refractivity (Wildman–Crippen MR) is 155 cm³/mol. The Balaban J connectivity index is 1.57. The largest absolute Gasteiger partial charge is 0.288 e. The Morgan fingerprint density at radius 3 is 2.34 bits per heavy atom. The summed E-state index contributed by atoms with van der Waals surface area (Å²) in [5.41, 5.74) is 3.67. The molecule has 38 heavy (non-hydrogen) atoms. The van der Waals surface area contributed by atoms with E-state index in [0.29, 0.717) is 32.6 Å². The van der Waals surface area contributed by atoms with Gasteiger partial charge < -0.3 is 0 Å². The van der Waals surface area contributed by atoms with Gasteiger partial charge in [-0.1, -0.05) is 84.6 Å². The molecule has 1 aliphatic rings. The van der Waals surface area contributed by atoms with Crippen molar-refractivity contribution in [3.05, 3.63) is 107 Å². The molecule has 1 aromatic heterocycles. The van der Waals surface area contributed by atoms with E-state index in [9.17, 15) is 13.2 Å². The number of rotatable bonds is 7. The van der Waals surface area contributed by atoms with E-state index in [1.165, 1.54) is 30.2 Å². The molecule has 1 fully saturated rings. The van der Waals surface area contributed by atoms with Crippen molar-refractivity contribution >= 4 is 50.3 Å². The molecule has 0 aliphatic carbocycles. The number of sulfonamides is 1. The van der Waals surface area contributed by atoms with Crippen molar-refractivity contribution in [3.63, 3.8) is 0 Å². The Hall–Kier alpha value is -3.57. The molecule has 0 bridgehead atoms. The number of para-hydroxylation sites is 1. The van der Waals surface area contributed by atoms with E-state index in [4.69, 9.17) is 17.3 Å². The Morgan fingerprint density at radius 1 is 0.974 bits per heavy atom. The summed E-state index contributed by atoms with van der Waals surface area (Å²) in [5, 5.41) is 4.79. The van der Waals surface area contributed by atoms with E-state index >= 15 is 0 Å². The fraction of sp³-hybridized carbons (Fsp3) is 0.107. The highest BCUT2D eigenvalue weighted by Crippen LogP contribution is 2.36. The lowest BCUT2D eigenvalue weighted by atomic mass is 10.1. The Bertz CT molecular complexity index is 1650. The maximum absolute atomic E-state index is 13.3. The number of amides is 1. The van der Waals surface area contributed by atoms with Gasteiger partial charge in [-0.15, -0.1) is 0 Å². The van der Waals surface area contributed by atoms with Crippen molar-refractivity contribution in [2.45, 2.75) is 11.4 Å². The highest BCUT2D eigenvalue weighted by Gasteiger charge is 2.32. The summed E-state index contributed by atoms with van der Waals surface area (Å²) < 4.78 is 29.0. The highest BCUT2D eigenvalue weighted by molar-refractivity contribution is 8.26. The first kappa shape index (κ1) is 26.1. The van der Waals surface area contributed by atoms with Crippen molar-refractivity contribution < 1.29 is 13.2 Å². The SMILES string of the molecule is CN(C)S(=O)(=O)c1cccc(-c2nn(-c3ccccc3)cc2C=C2SC(=S)N(Cc3ccccc3)C2=O)c1. The normalized spacial score (nSPS) is 15.1. The second-order valence-electron chi connectivity index (χ2n) is 8.78. The van der Waals surface area contributed by atoms with Crippen LogP contribution in [0.25, 0.3) is 23.0 Å². The number of aromatic nitrogens is 2. The van der Waals surface area contributed by atoms with Gasteiger partial charge in [-0.05, 0) is 35.9 Å². The summed E-state index contributed by atoms with van der Waals surface area (Å²) in [6.07, 6.45) is 3.61. The van der Waals surface area contributed by atoms with Crippen LogP contribution in [0, 0.1) is 0 Å². The molecule has 1 aliphatic heterocycles. The maximum atomic E-state index is 13.3. The lowest BCUT2D eigenvalue weighted by Gasteiger charge is -2.14. The van der Waals surface area contributed by atoms with Crippen LogP contribution >= 0.6 is 24.0 Å². The number of benzene rings is 3. The van der Waals surface area contributed by atoms with Gasteiger partial charge in [-0.2, -0.15) is 5.10 Å². The third kappa shape index (κ3) is 5.21. The molecule has 0 N–H and O–H groups in total. The fourth-order valence-corrected chi connectivity index (χ4v) is 6.18. The molecule has 4 aromatic rings. The lowest BCUT2D eigenvalue weighted by molar-refractivity contribution is -0.122. The van der Waals surface area contributed by atoms with Gasteiger partial charge in [0.15, 0.2) is 0 Å². The topological polar surface area (TPSA) is 75.5 Å². The van der Waals surface area contributed by atoms with Crippen LogP contribution in [0.15, 0.2) is 101 Å². The molecular formula is C28H24N4O3S3. The first-order valence-electron chi connectivity index (χ1n) is 11.7. The summed E-state index contributed by atoms with van der Waals surface area (Å²) in [7, 11) is -0.650. The van der Waals surface area contributed by atoms with E-state index in [0.717, 1.165) is 11.3 Å². The van der Waals surface area contributed by atoms with Crippen molar-refractivity contribution in [1.82, 2.24) is 19.0 Å². The van der Waals surface area contributed by atoms with E-state index < -0.39 is 10.0 Å². The third-order valence-corrected chi connectivity index (χ3v) is 9.18. The average Bonchev–Trinajstić information content (AvgIpc) is 3.46. The first-order chi connectivity index (χ1) is 18.2. The Kier molecular flexibility index (Phi) is 7.31. The number of thiocarbonyl (C=S) groups is 1. The average molecular weight is 561 g/mol. The molecule has 0 radical (unpaired) electrons. The standard InChI is InChI=1S/C28H24N4O3S3/c1-30(2)38(34,35)24-15-9-12-21(16-24)26-22(19-32(29-26)23-13-7-4-8-14-23)17-25-27(33)31(28(36)37-25)18-20-10-5-3-6-11-20/h3-17,19H,18H2,1-2H3. The molecule has 0 saturated carbocycles. The predicted octanol–water partition coefficient (Wildman–Crippen LogP) is 5.19. The van der Waals surface area contributed by atoms with Crippen LogP contribution in [0.3, 0.4) is 0 Å². The Labute approximate surface area is 231 Å². The second kappa shape index (κ2) is 10.7. The zero-order valence-electron chi connectivity index (χ0n) is 20.7. The number of carbonyl (C=O) groups is 1. The maximum Gasteiger partial charge on any atom is 0.266 e. The molecule has 1 saturated heterocycles. The van der Waals surface area contributed by atoms with Crippen LogP contribution < -0.4 is 0 Å². The second-order valence-corrected chi connectivity index (χ2v) is 12.6. The van der Waals surface area contributed by atoms with Crippen LogP contribution in [-0.4, -0.2) is 51.7 Å². The fourth-order valence-electron chi connectivity index (χ4n) is 3.99. The van der Waals surface area contributed by atoms with Gasteiger partial charge in [0.25, 0.3) is 5.91 Å². The van der Waals surface area contributed by atoms with Gasteiger partial charge in [-0.3, -0.25) is 9.69 Å². The molecule has 10 heteroatoms. The van der Waals surface area contributed by atoms with Crippen molar-refractivity contribution in [3.8, 4) is 16.9 Å². The number of carbonyl (C=O) groups excluding carboxylic acids is 1. The van der Waals surface area contributed by atoms with Crippen molar-refractivity contribution in [1.29, 1.82) is 0 Å².